The highest BCUT2D eigenvalue weighted by molar-refractivity contribution is 5.96. The van der Waals surface area contributed by atoms with Crippen molar-refractivity contribution >= 4 is 28.5 Å². The van der Waals surface area contributed by atoms with E-state index in [1.165, 1.54) is 5.57 Å². The number of nitrogens with zero attached hydrogens (tertiary/aromatic N) is 1. The first kappa shape index (κ1) is 28.0. The third-order valence-electron chi connectivity index (χ3n) is 11.6. The van der Waals surface area contributed by atoms with Crippen LogP contribution in [0.25, 0.3) is 10.9 Å². The van der Waals surface area contributed by atoms with Gasteiger partial charge in [-0.05, 0) is 105 Å². The second-order valence-electron chi connectivity index (χ2n) is 13.6. The molecule has 2 aromatic rings. The number of aromatic nitrogens is 1. The Morgan fingerprint density at radius 3 is 2.68 bits per heavy atom. The highest BCUT2D eigenvalue weighted by Crippen LogP contribution is 2.67. The maximum absolute atomic E-state index is 12.6. The summed E-state index contributed by atoms with van der Waals surface area (Å²) in [6, 6.07) is 6.62. The summed E-state index contributed by atoms with van der Waals surface area (Å²) in [5.41, 5.74) is 3.66. The average Bonchev–Trinajstić information content (AvgIpc) is 3.45. The molecule has 4 aliphatic carbocycles. The fourth-order valence-electron chi connectivity index (χ4n) is 9.02. The third kappa shape index (κ3) is 4.78. The largest absolute Gasteiger partial charge is 0.480 e. The number of carboxylic acids is 1. The number of H-pyrrole nitrogens is 1. The van der Waals surface area contributed by atoms with Crippen molar-refractivity contribution in [2.45, 2.75) is 90.2 Å². The summed E-state index contributed by atoms with van der Waals surface area (Å²) in [5.74, 6) is 0.291. The van der Waals surface area contributed by atoms with Gasteiger partial charge in [0, 0.05) is 23.5 Å². The summed E-state index contributed by atoms with van der Waals surface area (Å²) in [4.78, 5) is 33.0. The van der Waals surface area contributed by atoms with Gasteiger partial charge in [-0.15, -0.1) is 0 Å². The van der Waals surface area contributed by atoms with E-state index in [9.17, 15) is 19.8 Å². The molecule has 8 nitrogen and oxygen atoms in total. The van der Waals surface area contributed by atoms with Crippen LogP contribution in [0.1, 0.15) is 77.7 Å². The lowest BCUT2D eigenvalue weighted by molar-refractivity contribution is -0.142. The SMILES string of the molecule is C[C@]12CC/C(=N/OCC(=O)N[C@H](Cc3c[nH]c4ccccc34)C(=O)O)C=C1CC[C@@H]1[C@@H]2CC[C@@]2(C)[C@H]1CC[C@]2(C)O. The van der Waals surface area contributed by atoms with Crippen LogP contribution in [-0.4, -0.2) is 51.0 Å². The predicted molar refractivity (Wildman–Crippen MR) is 157 cm³/mol. The van der Waals surface area contributed by atoms with Gasteiger partial charge in [0.1, 0.15) is 6.04 Å². The van der Waals surface area contributed by atoms with E-state index in [1.54, 1.807) is 6.20 Å². The second kappa shape index (κ2) is 10.3. The van der Waals surface area contributed by atoms with Crippen LogP contribution >= 0.6 is 0 Å². The van der Waals surface area contributed by atoms with Gasteiger partial charge in [-0.3, -0.25) is 4.79 Å². The molecule has 1 heterocycles. The predicted octanol–water partition coefficient (Wildman–Crippen LogP) is 5.37. The number of oxime groups is 1. The number of rotatable bonds is 7. The number of hydrogen-bond donors (Lipinski definition) is 4. The molecule has 0 bridgehead atoms. The smallest absolute Gasteiger partial charge is 0.326 e. The molecular weight excluding hydrogens is 518 g/mol. The van der Waals surface area contributed by atoms with E-state index in [0.29, 0.717) is 17.8 Å². The van der Waals surface area contributed by atoms with Crippen LogP contribution in [0.5, 0.6) is 0 Å². The van der Waals surface area contributed by atoms with Crippen molar-refractivity contribution in [2.24, 2.45) is 33.7 Å². The Balaban J connectivity index is 1.07. The Hall–Kier alpha value is -3.13. The lowest BCUT2D eigenvalue weighted by Gasteiger charge is -2.59. The first-order chi connectivity index (χ1) is 19.5. The zero-order chi connectivity index (χ0) is 29.0. The van der Waals surface area contributed by atoms with E-state index in [-0.39, 0.29) is 23.9 Å². The number of aromatic amines is 1. The zero-order valence-corrected chi connectivity index (χ0v) is 24.4. The standard InChI is InChI=1S/C33H43N3O5/c1-31-13-10-22(17-21(31)8-9-24-25(31)11-14-32(2)26(24)12-15-33(32,3)40)36-41-19-29(37)35-28(30(38)39)16-20-18-34-27-7-5-4-6-23(20)27/h4-7,17-18,24-26,28,34,40H,8-16,19H2,1-3H3,(H,35,37)(H,38,39)/b36-22-/t24-,25+,26+,28-,31+,32+,33+/m1/s1. The molecule has 4 aliphatic rings. The van der Waals surface area contributed by atoms with Crippen molar-refractivity contribution in [1.29, 1.82) is 0 Å². The number of carboxylic acid groups (broad SMARTS) is 1. The Morgan fingerprint density at radius 1 is 1.10 bits per heavy atom. The summed E-state index contributed by atoms with van der Waals surface area (Å²) in [6.45, 7) is 6.48. The van der Waals surface area contributed by atoms with Crippen LogP contribution in [0.4, 0.5) is 0 Å². The van der Waals surface area contributed by atoms with Crippen molar-refractivity contribution in [3.05, 3.63) is 47.7 Å². The molecule has 1 amide bonds. The number of amides is 1. The Kier molecular flexibility index (Phi) is 7.04. The van der Waals surface area contributed by atoms with Gasteiger partial charge in [0.05, 0.1) is 11.3 Å². The van der Waals surface area contributed by atoms with Gasteiger partial charge < -0.3 is 25.4 Å². The highest BCUT2D eigenvalue weighted by atomic mass is 16.6. The Morgan fingerprint density at radius 2 is 1.88 bits per heavy atom. The number of nitrogens with one attached hydrogen (secondary N) is 2. The highest BCUT2D eigenvalue weighted by Gasteiger charge is 2.62. The molecule has 6 rings (SSSR count). The Bertz CT molecular complexity index is 1410. The normalized spacial score (nSPS) is 36.1. The van der Waals surface area contributed by atoms with Gasteiger partial charge in [-0.25, -0.2) is 4.79 Å². The van der Waals surface area contributed by atoms with Gasteiger partial charge >= 0.3 is 5.97 Å². The van der Waals surface area contributed by atoms with Crippen molar-refractivity contribution < 1.29 is 24.6 Å². The minimum absolute atomic E-state index is 0.0243. The molecule has 0 saturated heterocycles. The minimum Gasteiger partial charge on any atom is -0.480 e. The topological polar surface area (TPSA) is 124 Å². The molecule has 0 unspecified atom stereocenters. The molecule has 1 aromatic carbocycles. The number of aliphatic carboxylic acids is 1. The molecule has 3 saturated carbocycles. The van der Waals surface area contributed by atoms with Crippen molar-refractivity contribution in [1.82, 2.24) is 10.3 Å². The molecule has 220 valence electrons. The fourth-order valence-corrected chi connectivity index (χ4v) is 9.02. The maximum atomic E-state index is 12.6. The molecule has 3 fully saturated rings. The maximum Gasteiger partial charge on any atom is 0.326 e. The molecule has 41 heavy (non-hydrogen) atoms. The summed E-state index contributed by atoms with van der Waals surface area (Å²) in [5, 5.41) is 28.7. The number of carbonyl (C=O) groups excluding carboxylic acids is 1. The third-order valence-corrected chi connectivity index (χ3v) is 11.6. The second-order valence-corrected chi connectivity index (χ2v) is 13.6. The number of fused-ring (bicyclic) bond motifs is 6. The summed E-state index contributed by atoms with van der Waals surface area (Å²) >= 11 is 0. The number of aliphatic hydroxyl groups is 1. The number of allylic oxidation sites excluding steroid dienone is 2. The van der Waals surface area contributed by atoms with Gasteiger partial charge in [0.25, 0.3) is 5.91 Å². The first-order valence-corrected chi connectivity index (χ1v) is 15.2. The molecule has 0 spiro atoms. The van der Waals surface area contributed by atoms with E-state index in [2.05, 4.69) is 42.3 Å². The van der Waals surface area contributed by atoms with Crippen LogP contribution in [-0.2, 0) is 20.8 Å². The molecule has 7 atom stereocenters. The number of hydrogen-bond acceptors (Lipinski definition) is 5. The molecule has 4 N–H and O–H groups in total. The van der Waals surface area contributed by atoms with Crippen LogP contribution in [0.2, 0.25) is 0 Å². The van der Waals surface area contributed by atoms with E-state index in [1.807, 2.05) is 24.3 Å². The number of carbonyl (C=O) groups is 2. The van der Waals surface area contributed by atoms with Crippen LogP contribution in [0.3, 0.4) is 0 Å². The lowest BCUT2D eigenvalue weighted by atomic mass is 9.46. The molecule has 1 aromatic heterocycles. The van der Waals surface area contributed by atoms with Crippen LogP contribution in [0, 0.1) is 28.6 Å². The van der Waals surface area contributed by atoms with Crippen molar-refractivity contribution in [2.75, 3.05) is 6.61 Å². The van der Waals surface area contributed by atoms with Gasteiger partial charge in [0.2, 0.25) is 0 Å². The van der Waals surface area contributed by atoms with Crippen LogP contribution < -0.4 is 5.32 Å². The van der Waals surface area contributed by atoms with Crippen molar-refractivity contribution in [3.8, 4) is 0 Å². The molecule has 8 heteroatoms. The fraction of sp³-hybridized carbons (Fsp3) is 0.606. The van der Waals surface area contributed by atoms with E-state index >= 15 is 0 Å². The summed E-state index contributed by atoms with van der Waals surface area (Å²) < 4.78 is 0. The molecular formula is C33H43N3O5. The first-order valence-electron chi connectivity index (χ1n) is 15.2. The van der Waals surface area contributed by atoms with Crippen LogP contribution in [0.15, 0.2) is 47.3 Å². The molecule has 0 aliphatic heterocycles. The Labute approximate surface area is 241 Å². The van der Waals surface area contributed by atoms with E-state index in [0.717, 1.165) is 73.5 Å². The molecule has 0 radical (unpaired) electrons. The average molecular weight is 562 g/mol. The van der Waals surface area contributed by atoms with E-state index < -0.39 is 23.5 Å². The quantitative estimate of drug-likeness (QED) is 0.339. The number of benzene rings is 1. The lowest BCUT2D eigenvalue weighted by Crippen LogP contribution is -2.53. The van der Waals surface area contributed by atoms with E-state index in [4.69, 9.17) is 4.84 Å². The zero-order valence-electron chi connectivity index (χ0n) is 24.4. The van der Waals surface area contributed by atoms with Crippen molar-refractivity contribution in [3.63, 3.8) is 0 Å². The van der Waals surface area contributed by atoms with Gasteiger partial charge in [0.15, 0.2) is 6.61 Å². The van der Waals surface area contributed by atoms with Gasteiger partial charge in [-0.2, -0.15) is 0 Å². The number of para-hydroxylation sites is 1. The van der Waals surface area contributed by atoms with Gasteiger partial charge in [-0.1, -0.05) is 42.8 Å². The monoisotopic (exact) mass is 561 g/mol. The minimum atomic E-state index is -1.09. The summed E-state index contributed by atoms with van der Waals surface area (Å²) in [7, 11) is 0. The summed E-state index contributed by atoms with van der Waals surface area (Å²) in [6.07, 6.45) is 12.4.